The Morgan fingerprint density at radius 2 is 1.18 bits per heavy atom. The molecule has 0 aliphatic carbocycles. The van der Waals surface area contributed by atoms with Crippen LogP contribution in [0.15, 0.2) is 42.5 Å². The summed E-state index contributed by atoms with van der Waals surface area (Å²) in [6.45, 7) is 16.2. The average Bonchev–Trinajstić information content (AvgIpc) is 2.63. The molecule has 0 radical (unpaired) electrons. The Hall–Kier alpha value is -1.56. The van der Waals surface area contributed by atoms with Gasteiger partial charge in [0.05, 0.1) is 0 Å². The maximum atomic E-state index is 2.42. The fourth-order valence-corrected chi connectivity index (χ4v) is 3.68. The highest BCUT2D eigenvalue weighted by atomic mass is 14.3. The van der Waals surface area contributed by atoms with Gasteiger partial charge in [0.1, 0.15) is 0 Å². The van der Waals surface area contributed by atoms with Crippen molar-refractivity contribution in [3.8, 4) is 11.1 Å². The highest BCUT2D eigenvalue weighted by Crippen LogP contribution is 2.34. The molecule has 0 saturated heterocycles. The number of unbranched alkanes of at least 4 members (excludes halogenated alkanes) is 5. The molecule has 0 saturated carbocycles. The molecule has 0 nitrogen and oxygen atoms in total. The van der Waals surface area contributed by atoms with Crippen molar-refractivity contribution in [2.45, 2.75) is 104 Å². The molecule has 0 unspecified atom stereocenters. The van der Waals surface area contributed by atoms with Crippen LogP contribution in [0, 0.1) is 0 Å². The van der Waals surface area contributed by atoms with Crippen molar-refractivity contribution in [3.05, 3.63) is 59.2 Å². The van der Waals surface area contributed by atoms with Gasteiger partial charge in [-0.2, -0.15) is 0 Å². The van der Waals surface area contributed by atoms with Crippen LogP contribution < -0.4 is 0 Å². The van der Waals surface area contributed by atoms with Crippen molar-refractivity contribution in [2.75, 3.05) is 0 Å². The van der Waals surface area contributed by atoms with E-state index in [9.17, 15) is 0 Å². The van der Waals surface area contributed by atoms with Crippen LogP contribution in [0.3, 0.4) is 0 Å². The Bertz CT molecular complexity index is 705. The predicted molar refractivity (Wildman–Crippen MR) is 126 cm³/mol. The zero-order valence-corrected chi connectivity index (χ0v) is 19.5. The standard InChI is InChI=1S/C28H42/c1-8-9-10-11-12-13-15-22-16-14-17-23(18-22)24-19-25(27(2,3)4)21-26(20-24)28(5,6)7/h14,16-21H,8-13,15H2,1-7H3. The summed E-state index contributed by atoms with van der Waals surface area (Å²) < 4.78 is 0. The summed E-state index contributed by atoms with van der Waals surface area (Å²) in [5.41, 5.74) is 7.37. The van der Waals surface area contributed by atoms with Gasteiger partial charge < -0.3 is 0 Å². The summed E-state index contributed by atoms with van der Waals surface area (Å²) in [6.07, 6.45) is 9.36. The molecular formula is C28H42. The third kappa shape index (κ3) is 6.80. The molecule has 2 aromatic rings. The molecule has 0 heterocycles. The van der Waals surface area contributed by atoms with Crippen molar-refractivity contribution in [1.82, 2.24) is 0 Å². The van der Waals surface area contributed by atoms with Gasteiger partial charge in [-0.25, -0.2) is 0 Å². The monoisotopic (exact) mass is 378 g/mol. The summed E-state index contributed by atoms with van der Waals surface area (Å²) in [4.78, 5) is 0. The van der Waals surface area contributed by atoms with Crippen LogP contribution in [0.25, 0.3) is 11.1 Å². The first kappa shape index (κ1) is 22.7. The lowest BCUT2D eigenvalue weighted by atomic mass is 9.79. The number of rotatable bonds is 8. The second-order valence-corrected chi connectivity index (χ2v) is 10.5. The summed E-state index contributed by atoms with van der Waals surface area (Å²) in [5.74, 6) is 0. The first-order valence-electron chi connectivity index (χ1n) is 11.4. The average molecular weight is 379 g/mol. The van der Waals surface area contributed by atoms with Crippen molar-refractivity contribution in [2.24, 2.45) is 0 Å². The van der Waals surface area contributed by atoms with E-state index in [1.165, 1.54) is 72.8 Å². The lowest BCUT2D eigenvalue weighted by Crippen LogP contribution is -2.16. The van der Waals surface area contributed by atoms with E-state index in [1.807, 2.05) is 0 Å². The van der Waals surface area contributed by atoms with E-state index in [-0.39, 0.29) is 10.8 Å². The molecule has 2 rings (SSSR count). The second kappa shape index (κ2) is 9.77. The molecule has 0 aromatic heterocycles. The zero-order chi connectivity index (χ0) is 20.8. The van der Waals surface area contributed by atoms with Gasteiger partial charge in [-0.3, -0.25) is 0 Å². The van der Waals surface area contributed by atoms with Crippen LogP contribution in [-0.2, 0) is 17.3 Å². The third-order valence-corrected chi connectivity index (χ3v) is 5.74. The Balaban J connectivity index is 2.22. The summed E-state index contributed by atoms with van der Waals surface area (Å²) in [6, 6.07) is 16.4. The van der Waals surface area contributed by atoms with Crippen molar-refractivity contribution >= 4 is 0 Å². The van der Waals surface area contributed by atoms with Crippen molar-refractivity contribution < 1.29 is 0 Å². The van der Waals surface area contributed by atoms with Gasteiger partial charge in [-0.1, -0.05) is 123 Å². The maximum absolute atomic E-state index is 2.42. The van der Waals surface area contributed by atoms with Gasteiger partial charge in [-0.15, -0.1) is 0 Å². The highest BCUT2D eigenvalue weighted by molar-refractivity contribution is 5.67. The minimum absolute atomic E-state index is 0.159. The molecular weight excluding hydrogens is 336 g/mol. The zero-order valence-electron chi connectivity index (χ0n) is 19.5. The maximum Gasteiger partial charge on any atom is -0.0132 e. The van der Waals surface area contributed by atoms with Crippen LogP contribution >= 0.6 is 0 Å². The van der Waals surface area contributed by atoms with E-state index in [4.69, 9.17) is 0 Å². The van der Waals surface area contributed by atoms with Gasteiger partial charge in [0.2, 0.25) is 0 Å². The molecule has 0 amide bonds. The van der Waals surface area contributed by atoms with E-state index in [1.54, 1.807) is 0 Å². The van der Waals surface area contributed by atoms with Crippen LogP contribution in [0.5, 0.6) is 0 Å². The van der Waals surface area contributed by atoms with Crippen LogP contribution in [-0.4, -0.2) is 0 Å². The Kier molecular flexibility index (Phi) is 7.93. The largest absolute Gasteiger partial charge is 0.0654 e. The fourth-order valence-electron chi connectivity index (χ4n) is 3.68. The van der Waals surface area contributed by atoms with E-state index < -0.39 is 0 Å². The molecule has 0 aliphatic rings. The normalized spacial score (nSPS) is 12.4. The lowest BCUT2D eigenvalue weighted by Gasteiger charge is -2.26. The van der Waals surface area contributed by atoms with Crippen LogP contribution in [0.4, 0.5) is 0 Å². The van der Waals surface area contributed by atoms with Gasteiger partial charge in [-0.05, 0) is 51.5 Å². The van der Waals surface area contributed by atoms with E-state index >= 15 is 0 Å². The lowest BCUT2D eigenvalue weighted by molar-refractivity contribution is 0.569. The van der Waals surface area contributed by atoms with E-state index in [0.717, 1.165) is 0 Å². The molecule has 0 heteroatoms. The molecule has 0 atom stereocenters. The summed E-state index contributed by atoms with van der Waals surface area (Å²) in [5, 5.41) is 0. The smallest absolute Gasteiger partial charge is 0.0132 e. The van der Waals surface area contributed by atoms with Gasteiger partial charge in [0, 0.05) is 0 Å². The molecule has 0 N–H and O–H groups in total. The van der Waals surface area contributed by atoms with Gasteiger partial charge in [0.25, 0.3) is 0 Å². The second-order valence-electron chi connectivity index (χ2n) is 10.5. The molecule has 28 heavy (non-hydrogen) atoms. The number of hydrogen-bond donors (Lipinski definition) is 0. The fraction of sp³-hybridized carbons (Fsp3) is 0.571. The molecule has 0 spiro atoms. The third-order valence-electron chi connectivity index (χ3n) is 5.74. The SMILES string of the molecule is CCCCCCCCc1cccc(-c2cc(C(C)(C)C)cc(C(C)(C)C)c2)c1. The first-order chi connectivity index (χ1) is 13.1. The molecule has 2 aromatic carbocycles. The summed E-state index contributed by atoms with van der Waals surface area (Å²) in [7, 11) is 0. The number of hydrogen-bond acceptors (Lipinski definition) is 0. The Labute approximate surface area is 174 Å². The van der Waals surface area contributed by atoms with Gasteiger partial charge >= 0.3 is 0 Å². The molecule has 0 fully saturated rings. The Morgan fingerprint density at radius 1 is 0.607 bits per heavy atom. The van der Waals surface area contributed by atoms with Crippen molar-refractivity contribution in [1.29, 1.82) is 0 Å². The quantitative estimate of drug-likeness (QED) is 0.402. The predicted octanol–water partition coefficient (Wildman–Crippen LogP) is 8.85. The van der Waals surface area contributed by atoms with Crippen molar-refractivity contribution in [3.63, 3.8) is 0 Å². The topological polar surface area (TPSA) is 0 Å². The Morgan fingerprint density at radius 3 is 1.75 bits per heavy atom. The van der Waals surface area contributed by atoms with Gasteiger partial charge in [0.15, 0.2) is 0 Å². The minimum Gasteiger partial charge on any atom is -0.0654 e. The molecule has 0 aliphatic heterocycles. The minimum atomic E-state index is 0.159. The van der Waals surface area contributed by atoms with Crippen LogP contribution in [0.1, 0.15) is 104 Å². The number of benzene rings is 2. The van der Waals surface area contributed by atoms with E-state index in [0.29, 0.717) is 0 Å². The molecule has 0 bridgehead atoms. The summed E-state index contributed by atoms with van der Waals surface area (Å²) >= 11 is 0. The number of aryl methyl sites for hydroxylation is 1. The molecule has 154 valence electrons. The highest BCUT2D eigenvalue weighted by Gasteiger charge is 2.20. The first-order valence-corrected chi connectivity index (χ1v) is 11.4. The van der Waals surface area contributed by atoms with Crippen LogP contribution in [0.2, 0.25) is 0 Å². The van der Waals surface area contributed by atoms with E-state index in [2.05, 4.69) is 90.9 Å².